The molecule has 0 radical (unpaired) electrons. The van der Waals surface area contributed by atoms with Gasteiger partial charge in [-0.1, -0.05) is 17.8 Å². The van der Waals surface area contributed by atoms with Gasteiger partial charge in [0, 0.05) is 37.2 Å². The molecule has 1 aliphatic rings. The summed E-state index contributed by atoms with van der Waals surface area (Å²) in [5.41, 5.74) is 1.62. The van der Waals surface area contributed by atoms with Gasteiger partial charge < -0.3 is 5.32 Å². The van der Waals surface area contributed by atoms with Crippen molar-refractivity contribution in [2.45, 2.75) is 30.5 Å². The maximum Gasteiger partial charge on any atom is 0.227 e. The Morgan fingerprint density at radius 2 is 1.93 bits per heavy atom. The molecule has 3 heterocycles. The van der Waals surface area contributed by atoms with Crippen molar-refractivity contribution in [3.05, 3.63) is 48.4 Å². The fraction of sp³-hybridized carbons (Fsp3) is 0.421. The van der Waals surface area contributed by atoms with Crippen LogP contribution in [0.2, 0.25) is 0 Å². The van der Waals surface area contributed by atoms with Crippen molar-refractivity contribution >= 4 is 33.4 Å². The number of aromatic nitrogens is 2. The molecule has 2 aromatic rings. The molecule has 1 aliphatic heterocycles. The van der Waals surface area contributed by atoms with Crippen molar-refractivity contribution in [3.63, 3.8) is 0 Å². The van der Waals surface area contributed by atoms with Crippen LogP contribution >= 0.6 is 11.8 Å². The summed E-state index contributed by atoms with van der Waals surface area (Å²) >= 11 is 1.52. The SMILES string of the molecule is CCS(=O)(=O)N1CCC(C(=O)Nc2cccnc2SCc2ccccn2)CC1. The highest BCUT2D eigenvalue weighted by Crippen LogP contribution is 2.28. The van der Waals surface area contributed by atoms with E-state index in [1.165, 1.54) is 16.1 Å². The van der Waals surface area contributed by atoms with Gasteiger partial charge in [0.1, 0.15) is 5.03 Å². The van der Waals surface area contributed by atoms with E-state index < -0.39 is 10.0 Å². The highest BCUT2D eigenvalue weighted by atomic mass is 32.2. The van der Waals surface area contributed by atoms with Gasteiger partial charge in [-0.3, -0.25) is 9.78 Å². The quantitative estimate of drug-likeness (QED) is 0.693. The average Bonchev–Trinajstić information content (AvgIpc) is 2.74. The van der Waals surface area contributed by atoms with Crippen LogP contribution in [0, 0.1) is 5.92 Å². The van der Waals surface area contributed by atoms with E-state index in [1.807, 2.05) is 24.3 Å². The van der Waals surface area contributed by atoms with Gasteiger partial charge in [-0.2, -0.15) is 0 Å². The molecular weight excluding hydrogens is 396 g/mol. The third-order valence-corrected chi connectivity index (χ3v) is 7.62. The zero-order valence-electron chi connectivity index (χ0n) is 15.7. The summed E-state index contributed by atoms with van der Waals surface area (Å²) in [6.07, 6.45) is 4.51. The second-order valence-electron chi connectivity index (χ2n) is 6.53. The number of nitrogens with zero attached hydrogens (tertiary/aromatic N) is 3. The van der Waals surface area contributed by atoms with E-state index in [0.717, 1.165) is 10.7 Å². The van der Waals surface area contributed by atoms with E-state index in [2.05, 4.69) is 15.3 Å². The van der Waals surface area contributed by atoms with Crippen LogP contribution in [0.3, 0.4) is 0 Å². The average molecular weight is 421 g/mol. The van der Waals surface area contributed by atoms with Gasteiger partial charge in [0.2, 0.25) is 15.9 Å². The van der Waals surface area contributed by atoms with Crippen molar-refractivity contribution < 1.29 is 13.2 Å². The van der Waals surface area contributed by atoms with Crippen LogP contribution in [0.1, 0.15) is 25.5 Å². The van der Waals surface area contributed by atoms with Crippen LogP contribution in [0.5, 0.6) is 0 Å². The van der Waals surface area contributed by atoms with Crippen LogP contribution in [-0.4, -0.2) is 47.4 Å². The molecule has 9 heteroatoms. The van der Waals surface area contributed by atoms with Crippen LogP contribution in [0.4, 0.5) is 5.69 Å². The van der Waals surface area contributed by atoms with Crippen molar-refractivity contribution in [2.24, 2.45) is 5.92 Å². The largest absolute Gasteiger partial charge is 0.324 e. The van der Waals surface area contributed by atoms with E-state index in [1.54, 1.807) is 25.4 Å². The van der Waals surface area contributed by atoms with Gasteiger partial charge in [0.05, 0.1) is 17.1 Å². The molecule has 0 bridgehead atoms. The number of nitrogens with one attached hydrogen (secondary N) is 1. The number of hydrogen-bond acceptors (Lipinski definition) is 6. The Hall–Kier alpha value is -1.97. The molecule has 1 fully saturated rings. The zero-order chi connectivity index (χ0) is 20.0. The number of pyridine rings is 2. The number of amides is 1. The monoisotopic (exact) mass is 420 g/mol. The topological polar surface area (TPSA) is 92.3 Å². The second kappa shape index (κ2) is 9.49. The first-order valence-corrected chi connectivity index (χ1v) is 11.9. The lowest BCUT2D eigenvalue weighted by atomic mass is 9.97. The number of anilines is 1. The lowest BCUT2D eigenvalue weighted by molar-refractivity contribution is -0.120. The predicted molar refractivity (Wildman–Crippen MR) is 110 cm³/mol. The number of hydrogen-bond donors (Lipinski definition) is 1. The first-order chi connectivity index (χ1) is 13.5. The highest BCUT2D eigenvalue weighted by Gasteiger charge is 2.30. The molecule has 7 nitrogen and oxygen atoms in total. The van der Waals surface area contributed by atoms with Gasteiger partial charge in [0.25, 0.3) is 0 Å². The smallest absolute Gasteiger partial charge is 0.227 e. The number of carbonyl (C=O) groups is 1. The summed E-state index contributed by atoms with van der Waals surface area (Å²) in [5.74, 6) is 0.475. The first-order valence-electron chi connectivity index (χ1n) is 9.26. The number of rotatable bonds is 7. The summed E-state index contributed by atoms with van der Waals surface area (Å²) in [6.45, 7) is 2.42. The minimum atomic E-state index is -3.19. The van der Waals surface area contributed by atoms with E-state index in [-0.39, 0.29) is 17.6 Å². The molecule has 0 unspecified atom stereocenters. The van der Waals surface area contributed by atoms with Gasteiger partial charge in [-0.05, 0) is 44.0 Å². The van der Waals surface area contributed by atoms with Gasteiger partial charge in [-0.25, -0.2) is 17.7 Å². The lowest BCUT2D eigenvalue weighted by Gasteiger charge is -2.30. The summed E-state index contributed by atoms with van der Waals surface area (Å²) < 4.78 is 25.4. The predicted octanol–water partition coefficient (Wildman–Crippen LogP) is 2.77. The molecule has 0 aliphatic carbocycles. The molecule has 0 atom stereocenters. The van der Waals surface area contributed by atoms with Crippen LogP contribution < -0.4 is 5.32 Å². The third-order valence-electron chi connectivity index (χ3n) is 4.69. The minimum Gasteiger partial charge on any atom is -0.324 e. The van der Waals surface area contributed by atoms with E-state index in [9.17, 15) is 13.2 Å². The number of piperidine rings is 1. The molecule has 150 valence electrons. The normalized spacial score (nSPS) is 16.0. The van der Waals surface area contributed by atoms with Gasteiger partial charge >= 0.3 is 0 Å². The summed E-state index contributed by atoms with van der Waals surface area (Å²) in [4.78, 5) is 21.4. The summed E-state index contributed by atoms with van der Waals surface area (Å²) in [7, 11) is -3.19. The van der Waals surface area contributed by atoms with Crippen molar-refractivity contribution in [1.29, 1.82) is 0 Å². The van der Waals surface area contributed by atoms with Crippen molar-refractivity contribution in [3.8, 4) is 0 Å². The maximum absolute atomic E-state index is 12.7. The summed E-state index contributed by atoms with van der Waals surface area (Å²) in [6, 6.07) is 9.39. The zero-order valence-corrected chi connectivity index (χ0v) is 17.4. The molecule has 1 N–H and O–H groups in total. The molecule has 3 rings (SSSR count). The second-order valence-corrected chi connectivity index (χ2v) is 9.75. The van der Waals surface area contributed by atoms with Crippen LogP contribution in [0.15, 0.2) is 47.8 Å². The maximum atomic E-state index is 12.7. The molecule has 1 amide bonds. The van der Waals surface area contributed by atoms with Crippen LogP contribution in [-0.2, 0) is 20.6 Å². The van der Waals surface area contributed by atoms with E-state index >= 15 is 0 Å². The Labute approximate surface area is 170 Å². The minimum absolute atomic E-state index is 0.0822. The fourth-order valence-electron chi connectivity index (χ4n) is 3.04. The summed E-state index contributed by atoms with van der Waals surface area (Å²) in [5, 5.41) is 3.72. The highest BCUT2D eigenvalue weighted by molar-refractivity contribution is 7.98. The number of carbonyl (C=O) groups excluding carboxylic acids is 1. The van der Waals surface area contributed by atoms with Gasteiger partial charge in [-0.15, -0.1) is 0 Å². The molecule has 2 aromatic heterocycles. The molecule has 28 heavy (non-hydrogen) atoms. The Balaban J connectivity index is 1.59. The Morgan fingerprint density at radius 3 is 2.61 bits per heavy atom. The molecule has 1 saturated heterocycles. The van der Waals surface area contributed by atoms with E-state index in [0.29, 0.717) is 37.4 Å². The first kappa shape index (κ1) is 20.8. The van der Waals surface area contributed by atoms with E-state index in [4.69, 9.17) is 0 Å². The Bertz CT molecular complexity index is 898. The van der Waals surface area contributed by atoms with Crippen LogP contribution in [0.25, 0.3) is 0 Å². The molecule has 0 spiro atoms. The van der Waals surface area contributed by atoms with Gasteiger partial charge in [0.15, 0.2) is 0 Å². The standard InChI is InChI=1S/C19H24N4O3S2/c1-2-28(25,26)23-12-8-15(9-13-23)18(24)22-17-7-5-11-21-19(17)27-14-16-6-3-4-10-20-16/h3-7,10-11,15H,2,8-9,12-14H2,1H3,(H,22,24). The number of thioether (sulfide) groups is 1. The third kappa shape index (κ3) is 5.30. The Kier molecular flexibility index (Phi) is 7.03. The Morgan fingerprint density at radius 1 is 1.18 bits per heavy atom. The molecular formula is C19H24N4O3S2. The van der Waals surface area contributed by atoms with Crippen molar-refractivity contribution in [2.75, 3.05) is 24.2 Å². The lowest BCUT2D eigenvalue weighted by Crippen LogP contribution is -2.42. The molecule has 0 saturated carbocycles. The number of sulfonamides is 1. The van der Waals surface area contributed by atoms with Crippen molar-refractivity contribution in [1.82, 2.24) is 14.3 Å². The fourth-order valence-corrected chi connectivity index (χ4v) is 5.04. The molecule has 0 aromatic carbocycles.